The van der Waals surface area contributed by atoms with Crippen LogP contribution < -0.4 is 4.90 Å². The Morgan fingerprint density at radius 1 is 1.28 bits per heavy atom. The molecule has 2 saturated heterocycles. The summed E-state index contributed by atoms with van der Waals surface area (Å²) in [4.78, 5) is 21.0. The summed E-state index contributed by atoms with van der Waals surface area (Å²) in [6, 6.07) is 12.0. The van der Waals surface area contributed by atoms with Gasteiger partial charge in [-0.15, -0.1) is 0 Å². The van der Waals surface area contributed by atoms with Crippen molar-refractivity contribution in [2.75, 3.05) is 37.7 Å². The highest BCUT2D eigenvalue weighted by Crippen LogP contribution is 2.33. The standard InChI is InChI=1S/C20H18N4O3S2/c21-13-15-19(23-8-10-26-11-9-23)27-17(22-15)12-16-18(25)24(20(28)29-16)7-6-14-4-2-1-3-5-14/h1-5,12H,6-11H2. The lowest BCUT2D eigenvalue weighted by Gasteiger charge is -2.25. The number of carbonyl (C=O) groups is 1. The van der Waals surface area contributed by atoms with Crippen molar-refractivity contribution in [2.45, 2.75) is 6.42 Å². The van der Waals surface area contributed by atoms with Crippen molar-refractivity contribution in [3.05, 3.63) is 52.4 Å². The number of morpholine rings is 1. The molecule has 0 bridgehead atoms. The number of nitriles is 1. The molecule has 29 heavy (non-hydrogen) atoms. The first kappa shape index (κ1) is 19.6. The van der Waals surface area contributed by atoms with E-state index in [1.165, 1.54) is 11.8 Å². The van der Waals surface area contributed by atoms with E-state index in [0.717, 1.165) is 12.0 Å². The molecule has 2 aromatic rings. The Kier molecular flexibility index (Phi) is 5.94. The van der Waals surface area contributed by atoms with Crippen LogP contribution in [0.15, 0.2) is 39.7 Å². The number of oxazole rings is 1. The number of carbonyl (C=O) groups excluding carboxylic acids is 1. The first-order valence-electron chi connectivity index (χ1n) is 9.18. The Labute approximate surface area is 177 Å². The molecule has 7 nitrogen and oxygen atoms in total. The third-order valence-electron chi connectivity index (χ3n) is 4.63. The molecule has 0 aliphatic carbocycles. The lowest BCUT2D eigenvalue weighted by molar-refractivity contribution is -0.122. The Hall–Kier alpha value is -2.67. The lowest BCUT2D eigenvalue weighted by Crippen LogP contribution is -2.36. The molecular weight excluding hydrogens is 408 g/mol. The molecule has 0 spiro atoms. The number of aromatic nitrogens is 1. The Morgan fingerprint density at radius 3 is 2.76 bits per heavy atom. The van der Waals surface area contributed by atoms with Crippen LogP contribution in [0.4, 0.5) is 5.88 Å². The zero-order chi connectivity index (χ0) is 20.2. The van der Waals surface area contributed by atoms with Crippen LogP contribution >= 0.6 is 24.0 Å². The van der Waals surface area contributed by atoms with Gasteiger partial charge in [0.2, 0.25) is 17.5 Å². The summed E-state index contributed by atoms with van der Waals surface area (Å²) < 4.78 is 11.6. The highest BCUT2D eigenvalue weighted by atomic mass is 32.2. The highest BCUT2D eigenvalue weighted by molar-refractivity contribution is 8.26. The fourth-order valence-corrected chi connectivity index (χ4v) is 4.41. The maximum absolute atomic E-state index is 12.8. The van der Waals surface area contributed by atoms with Crippen LogP contribution in [0.2, 0.25) is 0 Å². The number of thioether (sulfide) groups is 1. The van der Waals surface area contributed by atoms with Crippen molar-refractivity contribution in [3.8, 4) is 6.07 Å². The summed E-state index contributed by atoms with van der Waals surface area (Å²) in [6.45, 7) is 2.91. The van der Waals surface area contributed by atoms with Crippen molar-refractivity contribution < 1.29 is 13.9 Å². The first-order valence-corrected chi connectivity index (χ1v) is 10.4. The van der Waals surface area contributed by atoms with E-state index >= 15 is 0 Å². The molecule has 0 unspecified atom stereocenters. The molecule has 1 amide bonds. The number of thiocarbonyl (C=S) groups is 1. The number of rotatable bonds is 5. The molecule has 2 aliphatic rings. The van der Waals surface area contributed by atoms with Crippen LogP contribution in [0.25, 0.3) is 6.08 Å². The van der Waals surface area contributed by atoms with Crippen LogP contribution in [-0.2, 0) is 16.0 Å². The number of ether oxygens (including phenoxy) is 1. The summed E-state index contributed by atoms with van der Waals surface area (Å²) in [6.07, 6.45) is 2.28. The second-order valence-corrected chi connectivity index (χ2v) is 8.16. The molecule has 0 N–H and O–H groups in total. The quantitative estimate of drug-likeness (QED) is 0.533. The Morgan fingerprint density at radius 2 is 2.03 bits per heavy atom. The molecule has 148 valence electrons. The molecule has 1 aromatic heterocycles. The van der Waals surface area contributed by atoms with Gasteiger partial charge in [-0.2, -0.15) is 10.2 Å². The number of nitrogens with zero attached hydrogens (tertiary/aromatic N) is 4. The number of anilines is 1. The van der Waals surface area contributed by atoms with E-state index in [2.05, 4.69) is 11.1 Å². The van der Waals surface area contributed by atoms with Gasteiger partial charge in [0.15, 0.2) is 0 Å². The Bertz CT molecular complexity index is 991. The average Bonchev–Trinajstić information content (AvgIpc) is 3.28. The van der Waals surface area contributed by atoms with E-state index in [1.807, 2.05) is 35.2 Å². The summed E-state index contributed by atoms with van der Waals surface area (Å²) in [5.41, 5.74) is 1.35. The molecule has 0 radical (unpaired) electrons. The number of benzene rings is 1. The van der Waals surface area contributed by atoms with Crippen molar-refractivity contribution in [3.63, 3.8) is 0 Å². The van der Waals surface area contributed by atoms with Gasteiger partial charge < -0.3 is 14.1 Å². The number of hydrogen-bond acceptors (Lipinski definition) is 8. The maximum Gasteiger partial charge on any atom is 0.266 e. The maximum atomic E-state index is 12.8. The van der Waals surface area contributed by atoms with Crippen molar-refractivity contribution in [1.82, 2.24) is 9.88 Å². The molecule has 0 atom stereocenters. The van der Waals surface area contributed by atoms with Gasteiger partial charge in [0.25, 0.3) is 5.91 Å². The average molecular weight is 427 g/mol. The molecule has 0 saturated carbocycles. The zero-order valence-electron chi connectivity index (χ0n) is 15.5. The van der Waals surface area contributed by atoms with Gasteiger partial charge in [-0.1, -0.05) is 54.3 Å². The largest absolute Gasteiger partial charge is 0.420 e. The summed E-state index contributed by atoms with van der Waals surface area (Å²) in [5, 5.41) is 9.39. The van der Waals surface area contributed by atoms with Gasteiger partial charge >= 0.3 is 0 Å². The smallest absolute Gasteiger partial charge is 0.266 e. The second-order valence-electron chi connectivity index (χ2n) is 6.49. The molecule has 2 aliphatic heterocycles. The minimum Gasteiger partial charge on any atom is -0.420 e. The van der Waals surface area contributed by atoms with E-state index < -0.39 is 0 Å². The van der Waals surface area contributed by atoms with Crippen molar-refractivity contribution >= 4 is 46.2 Å². The first-order chi connectivity index (χ1) is 14.2. The normalized spacial score (nSPS) is 18.5. The van der Waals surface area contributed by atoms with Crippen LogP contribution in [0.1, 0.15) is 17.1 Å². The monoisotopic (exact) mass is 426 g/mol. The number of amides is 1. The molecule has 3 heterocycles. The molecule has 4 rings (SSSR count). The van der Waals surface area contributed by atoms with E-state index in [0.29, 0.717) is 48.0 Å². The van der Waals surface area contributed by atoms with Crippen LogP contribution in [0.3, 0.4) is 0 Å². The third-order valence-corrected chi connectivity index (χ3v) is 6.00. The fraction of sp³-hybridized carbons (Fsp3) is 0.300. The van der Waals surface area contributed by atoms with Crippen molar-refractivity contribution in [1.29, 1.82) is 5.26 Å². The zero-order valence-corrected chi connectivity index (χ0v) is 17.2. The SMILES string of the molecule is N#Cc1nc(C=C2SC(=S)N(CCc3ccccc3)C2=O)oc1N1CCOCC1. The molecule has 9 heteroatoms. The minimum absolute atomic E-state index is 0.166. The third kappa shape index (κ3) is 4.34. The molecular formula is C20H18N4O3S2. The predicted octanol–water partition coefficient (Wildman–Crippen LogP) is 2.83. The van der Waals surface area contributed by atoms with Gasteiger partial charge in [-0.3, -0.25) is 9.69 Å². The highest BCUT2D eigenvalue weighted by Gasteiger charge is 2.32. The number of hydrogen-bond donors (Lipinski definition) is 0. The van der Waals surface area contributed by atoms with Gasteiger partial charge in [-0.25, -0.2) is 0 Å². The predicted molar refractivity (Wildman–Crippen MR) is 114 cm³/mol. The van der Waals surface area contributed by atoms with Gasteiger partial charge in [-0.05, 0) is 12.0 Å². The fourth-order valence-electron chi connectivity index (χ4n) is 3.13. The van der Waals surface area contributed by atoms with Gasteiger partial charge in [0, 0.05) is 25.7 Å². The van der Waals surface area contributed by atoms with Crippen LogP contribution in [0, 0.1) is 11.3 Å². The topological polar surface area (TPSA) is 82.6 Å². The summed E-state index contributed by atoms with van der Waals surface area (Å²) in [5.74, 6) is 0.480. The van der Waals surface area contributed by atoms with Crippen LogP contribution in [-0.4, -0.2) is 53.0 Å². The van der Waals surface area contributed by atoms with E-state index in [4.69, 9.17) is 21.4 Å². The van der Waals surface area contributed by atoms with E-state index in [1.54, 1.807) is 11.0 Å². The van der Waals surface area contributed by atoms with E-state index in [9.17, 15) is 10.1 Å². The minimum atomic E-state index is -0.166. The van der Waals surface area contributed by atoms with Crippen molar-refractivity contribution in [2.24, 2.45) is 0 Å². The summed E-state index contributed by atoms with van der Waals surface area (Å²) in [7, 11) is 0. The van der Waals surface area contributed by atoms with Gasteiger partial charge in [0.1, 0.15) is 10.4 Å². The Balaban J connectivity index is 1.49. The lowest BCUT2D eigenvalue weighted by atomic mass is 10.1. The molecule has 1 aromatic carbocycles. The molecule has 2 fully saturated rings. The second kappa shape index (κ2) is 8.78. The van der Waals surface area contributed by atoms with Gasteiger partial charge in [0.05, 0.1) is 18.1 Å². The van der Waals surface area contributed by atoms with E-state index in [-0.39, 0.29) is 17.5 Å². The van der Waals surface area contributed by atoms with Crippen LogP contribution in [0.5, 0.6) is 0 Å². The summed E-state index contributed by atoms with van der Waals surface area (Å²) >= 11 is 6.61.